The summed E-state index contributed by atoms with van der Waals surface area (Å²) in [5.74, 6) is -0.524. The van der Waals surface area contributed by atoms with Crippen LogP contribution in [0.5, 0.6) is 5.75 Å². The van der Waals surface area contributed by atoms with E-state index in [-0.39, 0.29) is 18.3 Å². The molecule has 0 spiro atoms. The lowest BCUT2D eigenvalue weighted by Gasteiger charge is -2.08. The van der Waals surface area contributed by atoms with Gasteiger partial charge in [-0.15, -0.1) is 0 Å². The molecule has 0 aromatic heterocycles. The van der Waals surface area contributed by atoms with Gasteiger partial charge in [0.25, 0.3) is 5.91 Å². The number of hydrogen-bond acceptors (Lipinski definition) is 4. The van der Waals surface area contributed by atoms with Crippen molar-refractivity contribution >= 4 is 17.6 Å². The Hall–Kier alpha value is -2.37. The molecule has 0 heterocycles. The summed E-state index contributed by atoms with van der Waals surface area (Å²) in [6.07, 6.45) is 0. The minimum atomic E-state index is -0.488. The van der Waals surface area contributed by atoms with Gasteiger partial charge >= 0.3 is 0 Å². The van der Waals surface area contributed by atoms with Crippen molar-refractivity contribution in [1.29, 1.82) is 0 Å². The molecule has 0 atom stereocenters. The van der Waals surface area contributed by atoms with Gasteiger partial charge in [-0.3, -0.25) is 25.2 Å². The third-order valence-corrected chi connectivity index (χ3v) is 1.99. The van der Waals surface area contributed by atoms with E-state index in [9.17, 15) is 14.4 Å². The lowest BCUT2D eigenvalue weighted by atomic mass is 10.1. The lowest BCUT2D eigenvalue weighted by molar-refractivity contribution is -0.129. The summed E-state index contributed by atoms with van der Waals surface area (Å²) in [5, 5.41) is 0. The number of benzene rings is 1. The molecule has 0 aliphatic carbocycles. The first-order chi connectivity index (χ1) is 8.49. The predicted molar refractivity (Wildman–Crippen MR) is 63.9 cm³/mol. The number of ketones is 1. The number of ether oxygens (including phenoxy) is 1. The highest BCUT2D eigenvalue weighted by Gasteiger charge is 2.05. The zero-order chi connectivity index (χ0) is 13.5. The van der Waals surface area contributed by atoms with E-state index in [0.717, 1.165) is 0 Å². The Morgan fingerprint density at radius 3 is 2.50 bits per heavy atom. The number of hydrogen-bond donors (Lipinski definition) is 2. The molecule has 0 unspecified atom stereocenters. The maximum atomic E-state index is 11.2. The fourth-order valence-corrected chi connectivity index (χ4v) is 1.15. The van der Waals surface area contributed by atoms with E-state index >= 15 is 0 Å². The summed E-state index contributed by atoms with van der Waals surface area (Å²) in [7, 11) is 0. The standard InChI is InChI=1S/C12H14N2O4/c1-8(15)10-4-3-5-11(6-10)18-7-12(17)14-13-9(2)16/h3-6H,7H2,1-2H3,(H,13,16)(H,14,17). The first kappa shape index (κ1) is 13.7. The summed E-state index contributed by atoms with van der Waals surface area (Å²) in [5.41, 5.74) is 4.81. The van der Waals surface area contributed by atoms with Gasteiger partial charge in [-0.1, -0.05) is 12.1 Å². The highest BCUT2D eigenvalue weighted by atomic mass is 16.5. The van der Waals surface area contributed by atoms with Crippen LogP contribution < -0.4 is 15.6 Å². The van der Waals surface area contributed by atoms with E-state index in [2.05, 4.69) is 10.9 Å². The second kappa shape index (κ2) is 6.39. The average Bonchev–Trinajstić information content (AvgIpc) is 2.34. The topological polar surface area (TPSA) is 84.5 Å². The summed E-state index contributed by atoms with van der Waals surface area (Å²) < 4.78 is 5.18. The number of carbonyl (C=O) groups is 3. The Labute approximate surface area is 104 Å². The van der Waals surface area contributed by atoms with Crippen molar-refractivity contribution in [3.05, 3.63) is 29.8 Å². The second-order valence-corrected chi connectivity index (χ2v) is 3.60. The molecule has 0 saturated carbocycles. The van der Waals surface area contributed by atoms with Gasteiger partial charge in [0.05, 0.1) is 0 Å². The number of rotatable bonds is 4. The third-order valence-electron chi connectivity index (χ3n) is 1.99. The molecule has 2 amide bonds. The largest absolute Gasteiger partial charge is 0.484 e. The Bertz CT molecular complexity index is 471. The maximum Gasteiger partial charge on any atom is 0.276 e. The summed E-state index contributed by atoms with van der Waals surface area (Å²) >= 11 is 0. The van der Waals surface area contributed by atoms with Crippen LogP contribution in [0.15, 0.2) is 24.3 Å². The zero-order valence-electron chi connectivity index (χ0n) is 10.1. The van der Waals surface area contributed by atoms with Crippen LogP contribution in [-0.2, 0) is 9.59 Å². The normalized spacial score (nSPS) is 9.44. The summed E-state index contributed by atoms with van der Waals surface area (Å²) in [4.78, 5) is 32.9. The first-order valence-corrected chi connectivity index (χ1v) is 5.28. The fourth-order valence-electron chi connectivity index (χ4n) is 1.15. The molecule has 2 N–H and O–H groups in total. The molecule has 1 rings (SSSR count). The molecule has 0 aliphatic heterocycles. The third kappa shape index (κ3) is 4.65. The van der Waals surface area contributed by atoms with Crippen LogP contribution in [0.25, 0.3) is 0 Å². The van der Waals surface area contributed by atoms with E-state index in [4.69, 9.17) is 4.74 Å². The van der Waals surface area contributed by atoms with Gasteiger partial charge in [-0.2, -0.15) is 0 Å². The van der Waals surface area contributed by atoms with Gasteiger partial charge in [0.1, 0.15) is 5.75 Å². The number of hydrazine groups is 1. The van der Waals surface area contributed by atoms with Crippen molar-refractivity contribution in [2.75, 3.05) is 6.61 Å². The molecule has 0 radical (unpaired) electrons. The molecular formula is C12H14N2O4. The Balaban J connectivity index is 2.48. The SMILES string of the molecule is CC(=O)NNC(=O)COc1cccc(C(C)=O)c1. The molecule has 1 aromatic carbocycles. The zero-order valence-corrected chi connectivity index (χ0v) is 10.1. The number of carbonyl (C=O) groups excluding carboxylic acids is 3. The molecule has 1 aromatic rings. The van der Waals surface area contributed by atoms with Crippen LogP contribution in [0, 0.1) is 0 Å². The smallest absolute Gasteiger partial charge is 0.276 e. The van der Waals surface area contributed by atoms with Crippen LogP contribution in [0.1, 0.15) is 24.2 Å². The van der Waals surface area contributed by atoms with E-state index in [0.29, 0.717) is 11.3 Å². The maximum absolute atomic E-state index is 11.2. The van der Waals surface area contributed by atoms with E-state index in [1.165, 1.54) is 13.8 Å². The van der Waals surface area contributed by atoms with E-state index in [1.807, 2.05) is 0 Å². The number of nitrogens with one attached hydrogen (secondary N) is 2. The van der Waals surface area contributed by atoms with Crippen molar-refractivity contribution < 1.29 is 19.1 Å². The second-order valence-electron chi connectivity index (χ2n) is 3.60. The Kier molecular flexibility index (Phi) is 4.86. The van der Waals surface area contributed by atoms with Gasteiger partial charge in [0, 0.05) is 12.5 Å². The molecule has 0 fully saturated rings. The predicted octanol–water partition coefficient (Wildman–Crippen LogP) is 0.435. The molecule has 6 heteroatoms. The molecule has 0 saturated heterocycles. The average molecular weight is 250 g/mol. The van der Waals surface area contributed by atoms with Crippen molar-refractivity contribution in [1.82, 2.24) is 10.9 Å². The highest BCUT2D eigenvalue weighted by Crippen LogP contribution is 2.13. The van der Waals surface area contributed by atoms with Crippen LogP contribution in [0.2, 0.25) is 0 Å². The monoisotopic (exact) mass is 250 g/mol. The number of amides is 2. The minimum absolute atomic E-state index is 0.0804. The summed E-state index contributed by atoms with van der Waals surface area (Å²) in [6, 6.07) is 6.51. The van der Waals surface area contributed by atoms with Crippen molar-refractivity contribution in [2.24, 2.45) is 0 Å². The Morgan fingerprint density at radius 2 is 1.89 bits per heavy atom. The van der Waals surface area contributed by atoms with Crippen molar-refractivity contribution in [3.63, 3.8) is 0 Å². The fraction of sp³-hybridized carbons (Fsp3) is 0.250. The molecular weight excluding hydrogens is 236 g/mol. The van der Waals surface area contributed by atoms with Gasteiger partial charge in [0.2, 0.25) is 5.91 Å². The Morgan fingerprint density at radius 1 is 1.17 bits per heavy atom. The van der Waals surface area contributed by atoms with Crippen molar-refractivity contribution in [3.8, 4) is 5.75 Å². The first-order valence-electron chi connectivity index (χ1n) is 5.28. The van der Waals surface area contributed by atoms with Gasteiger partial charge in [-0.05, 0) is 19.1 Å². The highest BCUT2D eigenvalue weighted by molar-refractivity contribution is 5.94. The minimum Gasteiger partial charge on any atom is -0.484 e. The van der Waals surface area contributed by atoms with Gasteiger partial charge < -0.3 is 4.74 Å². The van der Waals surface area contributed by atoms with Crippen molar-refractivity contribution in [2.45, 2.75) is 13.8 Å². The van der Waals surface area contributed by atoms with E-state index in [1.54, 1.807) is 24.3 Å². The molecule has 18 heavy (non-hydrogen) atoms. The molecule has 6 nitrogen and oxygen atoms in total. The molecule has 96 valence electrons. The van der Waals surface area contributed by atoms with Gasteiger partial charge in [-0.25, -0.2) is 0 Å². The van der Waals surface area contributed by atoms with E-state index < -0.39 is 5.91 Å². The summed E-state index contributed by atoms with van der Waals surface area (Å²) in [6.45, 7) is 2.47. The molecule has 0 bridgehead atoms. The van der Waals surface area contributed by atoms with Crippen LogP contribution >= 0.6 is 0 Å². The van der Waals surface area contributed by atoms with Crippen LogP contribution in [0.4, 0.5) is 0 Å². The lowest BCUT2D eigenvalue weighted by Crippen LogP contribution is -2.42. The van der Waals surface area contributed by atoms with Crippen LogP contribution in [0.3, 0.4) is 0 Å². The van der Waals surface area contributed by atoms with Gasteiger partial charge in [0.15, 0.2) is 12.4 Å². The quantitative estimate of drug-likeness (QED) is 0.599. The van der Waals surface area contributed by atoms with Crippen LogP contribution in [-0.4, -0.2) is 24.2 Å². The molecule has 0 aliphatic rings. The number of Topliss-reactive ketones (excluding diaryl/α,β-unsaturated/α-hetero) is 1.